The van der Waals surface area contributed by atoms with Gasteiger partial charge in [-0.15, -0.1) is 0 Å². The summed E-state index contributed by atoms with van der Waals surface area (Å²) in [6.07, 6.45) is 5.30. The Morgan fingerprint density at radius 1 is 1.47 bits per heavy atom. The minimum absolute atomic E-state index is 0.0415. The van der Waals surface area contributed by atoms with Gasteiger partial charge in [0.25, 0.3) is 0 Å². The van der Waals surface area contributed by atoms with Crippen LogP contribution in [-0.4, -0.2) is 24.5 Å². The molecule has 0 aliphatic carbocycles. The van der Waals surface area contributed by atoms with Crippen LogP contribution in [0.15, 0.2) is 23.5 Å². The molecule has 2 saturated heterocycles. The van der Waals surface area contributed by atoms with Crippen molar-refractivity contribution in [1.82, 2.24) is 0 Å². The second-order valence-electron chi connectivity index (χ2n) is 5.74. The van der Waals surface area contributed by atoms with E-state index in [9.17, 15) is 4.79 Å². The van der Waals surface area contributed by atoms with Crippen molar-refractivity contribution in [3.05, 3.63) is 23.5 Å². The molecule has 0 amide bonds. The van der Waals surface area contributed by atoms with Gasteiger partial charge in [-0.25, -0.2) is 4.79 Å². The second-order valence-corrected chi connectivity index (χ2v) is 5.74. The maximum atomic E-state index is 12.2. The van der Waals surface area contributed by atoms with Gasteiger partial charge in [-0.2, -0.15) is 0 Å². The predicted octanol–water partition coefficient (Wildman–Crippen LogP) is 2.55. The van der Waals surface area contributed by atoms with Gasteiger partial charge >= 0.3 is 5.97 Å². The quantitative estimate of drug-likeness (QED) is 0.498. The van der Waals surface area contributed by atoms with Gasteiger partial charge in [0.05, 0.1) is 18.8 Å². The van der Waals surface area contributed by atoms with Crippen LogP contribution in [0.5, 0.6) is 0 Å². The number of rotatable bonds is 0. The topological polar surface area (TPSA) is 44.8 Å². The molecule has 0 bridgehead atoms. The smallest absolute Gasteiger partial charge is 0.334 e. The Balaban J connectivity index is 1.94. The summed E-state index contributed by atoms with van der Waals surface area (Å²) in [5.41, 5.74) is 1.98. The zero-order valence-electron chi connectivity index (χ0n) is 11.6. The summed E-state index contributed by atoms with van der Waals surface area (Å²) in [7, 11) is 0. The molecule has 4 nitrogen and oxygen atoms in total. The Morgan fingerprint density at radius 3 is 3.00 bits per heavy atom. The third kappa shape index (κ3) is 1.89. The molecule has 4 atom stereocenters. The van der Waals surface area contributed by atoms with Gasteiger partial charge in [-0.05, 0) is 31.3 Å². The van der Waals surface area contributed by atoms with Gasteiger partial charge in [-0.3, -0.25) is 0 Å². The number of esters is 1. The molecule has 0 unspecified atom stereocenters. The summed E-state index contributed by atoms with van der Waals surface area (Å²) in [5, 5.41) is 0. The third-order valence-corrected chi connectivity index (χ3v) is 4.52. The molecule has 2 fully saturated rings. The second kappa shape index (κ2) is 4.37. The van der Waals surface area contributed by atoms with E-state index in [1.165, 1.54) is 5.57 Å². The van der Waals surface area contributed by atoms with E-state index in [0.29, 0.717) is 6.61 Å². The van der Waals surface area contributed by atoms with E-state index in [2.05, 4.69) is 6.92 Å². The van der Waals surface area contributed by atoms with Crippen molar-refractivity contribution in [2.75, 3.05) is 6.61 Å². The molecule has 0 spiro atoms. The Hall–Kier alpha value is -1.29. The van der Waals surface area contributed by atoms with Crippen LogP contribution in [-0.2, 0) is 19.0 Å². The Kier molecular flexibility index (Phi) is 2.93. The molecule has 3 rings (SSSR count). The molecule has 0 aromatic carbocycles. The van der Waals surface area contributed by atoms with E-state index in [-0.39, 0.29) is 23.9 Å². The Bertz CT molecular complexity index is 465. The molecular weight excluding hydrogens is 244 g/mol. The first-order valence-corrected chi connectivity index (χ1v) is 6.93. The van der Waals surface area contributed by atoms with Crippen molar-refractivity contribution in [1.29, 1.82) is 0 Å². The Morgan fingerprint density at radius 2 is 2.26 bits per heavy atom. The van der Waals surface area contributed by atoms with Crippen LogP contribution in [0.2, 0.25) is 0 Å². The highest BCUT2D eigenvalue weighted by Crippen LogP contribution is 2.47. The average Bonchev–Trinajstić information content (AvgIpc) is 2.85. The molecule has 104 valence electrons. The predicted molar refractivity (Wildman–Crippen MR) is 69.1 cm³/mol. The lowest BCUT2D eigenvalue weighted by molar-refractivity contribution is -0.165. The molecule has 4 heteroatoms. The first-order valence-electron chi connectivity index (χ1n) is 6.93. The summed E-state index contributed by atoms with van der Waals surface area (Å²) in [6.45, 7) is 6.30. The molecular formula is C15H20O4. The fourth-order valence-corrected chi connectivity index (χ4v) is 3.38. The molecule has 0 saturated carbocycles. The highest BCUT2D eigenvalue weighted by atomic mass is 16.7. The number of hydrogen-bond acceptors (Lipinski definition) is 4. The number of carbonyl (C=O) groups is 1. The van der Waals surface area contributed by atoms with Crippen molar-refractivity contribution >= 4 is 5.97 Å². The van der Waals surface area contributed by atoms with Crippen LogP contribution in [0.25, 0.3) is 0 Å². The average molecular weight is 264 g/mol. The number of hydrogen-bond donors (Lipinski definition) is 0. The van der Waals surface area contributed by atoms with Crippen LogP contribution >= 0.6 is 0 Å². The van der Waals surface area contributed by atoms with Crippen LogP contribution in [0, 0.1) is 11.8 Å². The maximum absolute atomic E-state index is 12.2. The molecule has 0 aromatic rings. The number of carbonyl (C=O) groups excluding carboxylic acids is 1. The largest absolute Gasteiger partial charge is 0.469 e. The first kappa shape index (κ1) is 12.7. The van der Waals surface area contributed by atoms with Crippen LogP contribution < -0.4 is 0 Å². The van der Waals surface area contributed by atoms with Gasteiger partial charge in [0.2, 0.25) is 5.79 Å². The van der Waals surface area contributed by atoms with Gasteiger partial charge in [0, 0.05) is 12.5 Å². The third-order valence-electron chi connectivity index (χ3n) is 4.52. The van der Waals surface area contributed by atoms with E-state index in [1.807, 2.05) is 19.9 Å². The van der Waals surface area contributed by atoms with E-state index in [0.717, 1.165) is 18.4 Å². The van der Waals surface area contributed by atoms with E-state index in [4.69, 9.17) is 14.2 Å². The normalized spacial score (nSPS) is 43.7. The van der Waals surface area contributed by atoms with E-state index < -0.39 is 5.79 Å². The van der Waals surface area contributed by atoms with Crippen molar-refractivity contribution in [2.45, 2.75) is 45.5 Å². The summed E-state index contributed by atoms with van der Waals surface area (Å²) in [5.74, 6) is -0.602. The van der Waals surface area contributed by atoms with Crippen molar-refractivity contribution in [3.8, 4) is 0 Å². The monoisotopic (exact) mass is 264 g/mol. The van der Waals surface area contributed by atoms with Crippen LogP contribution in [0.1, 0.15) is 33.6 Å². The van der Waals surface area contributed by atoms with Gasteiger partial charge < -0.3 is 14.2 Å². The maximum Gasteiger partial charge on any atom is 0.334 e. The number of ether oxygens (including phenoxy) is 3. The van der Waals surface area contributed by atoms with E-state index >= 15 is 0 Å². The van der Waals surface area contributed by atoms with Gasteiger partial charge in [0.1, 0.15) is 6.10 Å². The lowest BCUT2D eigenvalue weighted by atomic mass is 9.86. The van der Waals surface area contributed by atoms with Crippen LogP contribution in [0.3, 0.4) is 0 Å². The zero-order valence-corrected chi connectivity index (χ0v) is 11.6. The molecule has 3 heterocycles. The fraction of sp³-hybridized carbons (Fsp3) is 0.667. The lowest BCUT2D eigenvalue weighted by Gasteiger charge is -2.25. The van der Waals surface area contributed by atoms with Crippen LogP contribution in [0.4, 0.5) is 0 Å². The molecule has 0 radical (unpaired) electrons. The summed E-state index contributed by atoms with van der Waals surface area (Å²) >= 11 is 0. The molecule has 19 heavy (non-hydrogen) atoms. The zero-order chi connectivity index (χ0) is 13.6. The van der Waals surface area contributed by atoms with Crippen molar-refractivity contribution in [2.24, 2.45) is 11.8 Å². The molecule has 3 aliphatic rings. The Labute approximate surface area is 113 Å². The van der Waals surface area contributed by atoms with Crippen molar-refractivity contribution in [3.63, 3.8) is 0 Å². The summed E-state index contributed by atoms with van der Waals surface area (Å²) in [4.78, 5) is 12.2. The minimum Gasteiger partial charge on any atom is -0.469 e. The summed E-state index contributed by atoms with van der Waals surface area (Å²) < 4.78 is 17.0. The van der Waals surface area contributed by atoms with Crippen molar-refractivity contribution < 1.29 is 19.0 Å². The minimum atomic E-state index is -0.649. The van der Waals surface area contributed by atoms with E-state index in [1.54, 1.807) is 6.26 Å². The van der Waals surface area contributed by atoms with Gasteiger partial charge in [-0.1, -0.05) is 13.0 Å². The highest BCUT2D eigenvalue weighted by Gasteiger charge is 2.55. The highest BCUT2D eigenvalue weighted by molar-refractivity contribution is 5.89. The SMILES string of the molecule is C/C=C1/C(=O)O[C@@H]2CO[C@]3(C)OC=C(CC[C@@H]1C)[C@H]23. The first-order chi connectivity index (χ1) is 9.05. The number of allylic oxidation sites excluding steroid dienone is 1. The molecule has 0 N–H and O–H groups in total. The fourth-order valence-electron chi connectivity index (χ4n) is 3.38. The summed E-state index contributed by atoms with van der Waals surface area (Å²) in [6, 6.07) is 0. The van der Waals surface area contributed by atoms with Gasteiger partial charge in [0.15, 0.2) is 0 Å². The standard InChI is InChI=1S/C15H20O4/c1-4-11-9(2)5-6-10-7-17-15(3)13(10)12(8-18-15)19-14(11)16/h4,7,9,12-13H,5-6,8H2,1-3H3/b11-4+/t9-,12+,13+,15-/m0/s1. The molecule has 3 aliphatic heterocycles. The molecule has 0 aromatic heterocycles. The lowest BCUT2D eigenvalue weighted by Crippen LogP contribution is -2.35.